The molecule has 4 nitrogen and oxygen atoms in total. The lowest BCUT2D eigenvalue weighted by Crippen LogP contribution is -2.40. The number of ether oxygens (including phenoxy) is 1. The minimum Gasteiger partial charge on any atom is -0.489 e. The van der Waals surface area contributed by atoms with Crippen LogP contribution in [0.15, 0.2) is 24.3 Å². The van der Waals surface area contributed by atoms with Crippen molar-refractivity contribution in [3.63, 3.8) is 0 Å². The minimum absolute atomic E-state index is 0.251. The van der Waals surface area contributed by atoms with E-state index in [-0.39, 0.29) is 6.61 Å². The van der Waals surface area contributed by atoms with Crippen LogP contribution in [0.5, 0.6) is 5.75 Å². The Morgan fingerprint density at radius 3 is 3.05 bits per heavy atom. The standard InChI is InChI=1S/C16H25ClN2O2/c1-19-8-4-5-13(11-19)9-18-10-14(20)12-21-16-7-3-2-6-15(16)17/h2-3,6-7,13-14,18,20H,4-5,8-12H2,1H3. The third-order valence-electron chi connectivity index (χ3n) is 3.80. The number of hydrogen-bond donors (Lipinski definition) is 2. The van der Waals surface area contributed by atoms with E-state index in [1.165, 1.54) is 19.4 Å². The Bertz CT molecular complexity index is 430. The van der Waals surface area contributed by atoms with E-state index in [4.69, 9.17) is 16.3 Å². The predicted molar refractivity (Wildman–Crippen MR) is 86.0 cm³/mol. The number of benzene rings is 1. The van der Waals surface area contributed by atoms with Crippen LogP contribution in [-0.2, 0) is 0 Å². The average Bonchev–Trinajstić information content (AvgIpc) is 2.46. The van der Waals surface area contributed by atoms with E-state index in [0.29, 0.717) is 23.2 Å². The highest BCUT2D eigenvalue weighted by Crippen LogP contribution is 2.23. The highest BCUT2D eigenvalue weighted by Gasteiger charge is 2.17. The van der Waals surface area contributed by atoms with Gasteiger partial charge in [-0.25, -0.2) is 0 Å². The Labute approximate surface area is 132 Å². The summed E-state index contributed by atoms with van der Waals surface area (Å²) in [5, 5.41) is 13.9. The number of para-hydroxylation sites is 1. The Balaban J connectivity index is 1.61. The molecule has 21 heavy (non-hydrogen) atoms. The van der Waals surface area contributed by atoms with Crippen molar-refractivity contribution < 1.29 is 9.84 Å². The molecule has 1 aromatic rings. The van der Waals surface area contributed by atoms with Gasteiger partial charge in [-0.05, 0) is 51.0 Å². The summed E-state index contributed by atoms with van der Waals surface area (Å²) in [6.45, 7) is 4.09. The number of aliphatic hydroxyl groups is 1. The molecule has 0 saturated carbocycles. The maximum atomic E-state index is 9.94. The number of nitrogens with one attached hydrogen (secondary N) is 1. The number of aliphatic hydroxyl groups excluding tert-OH is 1. The van der Waals surface area contributed by atoms with Gasteiger partial charge in [0.25, 0.3) is 0 Å². The largest absolute Gasteiger partial charge is 0.489 e. The van der Waals surface area contributed by atoms with Crippen molar-refractivity contribution in [3.05, 3.63) is 29.3 Å². The molecular weight excluding hydrogens is 288 g/mol. The summed E-state index contributed by atoms with van der Waals surface area (Å²) in [4.78, 5) is 2.37. The van der Waals surface area contributed by atoms with Crippen LogP contribution in [0.3, 0.4) is 0 Å². The second-order valence-corrected chi connectivity index (χ2v) is 6.23. The van der Waals surface area contributed by atoms with Crippen molar-refractivity contribution in [3.8, 4) is 5.75 Å². The van der Waals surface area contributed by atoms with Crippen LogP contribution in [0.2, 0.25) is 5.02 Å². The van der Waals surface area contributed by atoms with Gasteiger partial charge in [0, 0.05) is 13.1 Å². The zero-order chi connectivity index (χ0) is 15.1. The van der Waals surface area contributed by atoms with Crippen molar-refractivity contribution in [2.45, 2.75) is 18.9 Å². The van der Waals surface area contributed by atoms with E-state index in [1.54, 1.807) is 12.1 Å². The quantitative estimate of drug-likeness (QED) is 0.808. The van der Waals surface area contributed by atoms with Gasteiger partial charge in [0.05, 0.1) is 5.02 Å². The molecule has 2 N–H and O–H groups in total. The molecule has 1 aliphatic rings. The third kappa shape index (κ3) is 5.83. The van der Waals surface area contributed by atoms with E-state index in [9.17, 15) is 5.11 Å². The lowest BCUT2D eigenvalue weighted by atomic mass is 9.98. The smallest absolute Gasteiger partial charge is 0.138 e. The first kappa shape index (κ1) is 16.6. The fraction of sp³-hybridized carbons (Fsp3) is 0.625. The first-order valence-corrected chi connectivity index (χ1v) is 7.97. The minimum atomic E-state index is -0.525. The van der Waals surface area contributed by atoms with Gasteiger partial charge in [0.15, 0.2) is 0 Å². The molecule has 0 aliphatic carbocycles. The van der Waals surface area contributed by atoms with Crippen molar-refractivity contribution in [1.82, 2.24) is 10.2 Å². The summed E-state index contributed by atoms with van der Waals surface area (Å²) in [6.07, 6.45) is 2.01. The Morgan fingerprint density at radius 2 is 2.29 bits per heavy atom. The van der Waals surface area contributed by atoms with Crippen LogP contribution in [0.4, 0.5) is 0 Å². The molecule has 1 fully saturated rings. The molecule has 0 bridgehead atoms. The summed E-state index contributed by atoms with van der Waals surface area (Å²) in [7, 11) is 2.17. The highest BCUT2D eigenvalue weighted by atomic mass is 35.5. The van der Waals surface area contributed by atoms with Crippen LogP contribution >= 0.6 is 11.6 Å². The third-order valence-corrected chi connectivity index (χ3v) is 4.12. The first-order chi connectivity index (χ1) is 10.1. The molecule has 1 heterocycles. The maximum absolute atomic E-state index is 9.94. The van der Waals surface area contributed by atoms with Crippen LogP contribution in [0, 0.1) is 5.92 Å². The van der Waals surface area contributed by atoms with E-state index < -0.39 is 6.10 Å². The first-order valence-electron chi connectivity index (χ1n) is 7.60. The molecule has 1 saturated heterocycles. The van der Waals surface area contributed by atoms with Crippen molar-refractivity contribution >= 4 is 11.6 Å². The SMILES string of the molecule is CN1CCCC(CNCC(O)COc2ccccc2Cl)C1. The number of likely N-dealkylation sites (tertiary alicyclic amines) is 1. The van der Waals surface area contributed by atoms with E-state index >= 15 is 0 Å². The average molecular weight is 313 g/mol. The van der Waals surface area contributed by atoms with Crippen molar-refractivity contribution in [2.75, 3.05) is 39.8 Å². The van der Waals surface area contributed by atoms with Gasteiger partial charge >= 0.3 is 0 Å². The summed E-state index contributed by atoms with van der Waals surface area (Å²) >= 11 is 6.00. The number of halogens is 1. The molecule has 2 atom stereocenters. The Morgan fingerprint density at radius 1 is 1.48 bits per heavy atom. The van der Waals surface area contributed by atoms with Crippen molar-refractivity contribution in [2.24, 2.45) is 5.92 Å². The number of rotatable bonds is 7. The summed E-state index contributed by atoms with van der Waals surface area (Å²) in [6, 6.07) is 7.31. The molecular formula is C16H25ClN2O2. The second kappa shape index (κ2) is 8.59. The molecule has 118 valence electrons. The lowest BCUT2D eigenvalue weighted by Gasteiger charge is -2.30. The zero-order valence-electron chi connectivity index (χ0n) is 12.6. The molecule has 0 radical (unpaired) electrons. The van der Waals surface area contributed by atoms with Gasteiger partial charge in [-0.3, -0.25) is 0 Å². The lowest BCUT2D eigenvalue weighted by molar-refractivity contribution is 0.103. The Hall–Kier alpha value is -0.810. The predicted octanol–water partition coefficient (Wildman–Crippen LogP) is 2.01. The van der Waals surface area contributed by atoms with Crippen LogP contribution < -0.4 is 10.1 Å². The molecule has 1 aliphatic heterocycles. The van der Waals surface area contributed by atoms with E-state index in [1.807, 2.05) is 12.1 Å². The monoisotopic (exact) mass is 312 g/mol. The number of hydrogen-bond acceptors (Lipinski definition) is 4. The van der Waals surface area contributed by atoms with Crippen LogP contribution in [-0.4, -0.2) is 55.9 Å². The van der Waals surface area contributed by atoms with Crippen molar-refractivity contribution in [1.29, 1.82) is 0 Å². The summed E-state index contributed by atoms with van der Waals surface area (Å²) in [5.41, 5.74) is 0. The van der Waals surface area contributed by atoms with Crippen LogP contribution in [0.1, 0.15) is 12.8 Å². The fourth-order valence-corrected chi connectivity index (χ4v) is 2.89. The normalized spacial score (nSPS) is 21.2. The van der Waals surface area contributed by atoms with Gasteiger partial charge in [0.1, 0.15) is 18.5 Å². The summed E-state index contributed by atoms with van der Waals surface area (Å²) in [5.74, 6) is 1.30. The van der Waals surface area contributed by atoms with Crippen LogP contribution in [0.25, 0.3) is 0 Å². The van der Waals surface area contributed by atoms with Gasteiger partial charge in [-0.1, -0.05) is 23.7 Å². The van der Waals surface area contributed by atoms with E-state index in [2.05, 4.69) is 17.3 Å². The van der Waals surface area contributed by atoms with Gasteiger partial charge in [-0.15, -0.1) is 0 Å². The number of piperidine rings is 1. The molecule has 5 heteroatoms. The molecule has 0 amide bonds. The molecule has 0 spiro atoms. The molecule has 2 unspecified atom stereocenters. The topological polar surface area (TPSA) is 44.7 Å². The summed E-state index contributed by atoms with van der Waals surface area (Å²) < 4.78 is 5.53. The van der Waals surface area contributed by atoms with Gasteiger partial charge in [0.2, 0.25) is 0 Å². The van der Waals surface area contributed by atoms with Gasteiger partial charge < -0.3 is 20.1 Å². The van der Waals surface area contributed by atoms with E-state index in [0.717, 1.165) is 13.1 Å². The molecule has 2 rings (SSSR count). The Kier molecular flexibility index (Phi) is 6.77. The highest BCUT2D eigenvalue weighted by molar-refractivity contribution is 6.32. The number of nitrogens with zero attached hydrogens (tertiary/aromatic N) is 1. The zero-order valence-corrected chi connectivity index (χ0v) is 13.4. The second-order valence-electron chi connectivity index (χ2n) is 5.82. The fourth-order valence-electron chi connectivity index (χ4n) is 2.70. The van der Waals surface area contributed by atoms with Gasteiger partial charge in [-0.2, -0.15) is 0 Å². The molecule has 0 aromatic heterocycles. The maximum Gasteiger partial charge on any atom is 0.138 e. The molecule has 1 aromatic carbocycles.